The molecule has 0 radical (unpaired) electrons. The minimum Gasteiger partial charge on any atom is -0.478 e. The first-order valence-electron chi connectivity index (χ1n) is 5.95. The van der Waals surface area contributed by atoms with Crippen molar-refractivity contribution in [2.45, 2.75) is 12.2 Å². The SMILES string of the molecule is O=C(O)c1ccc(CS(=O)(=O)NCCOCC(F)F)cc1. The van der Waals surface area contributed by atoms with Crippen molar-refractivity contribution in [3.8, 4) is 0 Å². The molecule has 0 aliphatic heterocycles. The Kier molecular flexibility index (Phi) is 6.66. The van der Waals surface area contributed by atoms with E-state index in [1.54, 1.807) is 0 Å². The van der Waals surface area contributed by atoms with Crippen molar-refractivity contribution in [1.82, 2.24) is 4.72 Å². The molecular weight excluding hydrogens is 308 g/mol. The number of hydrogen-bond donors (Lipinski definition) is 2. The number of halogens is 2. The topological polar surface area (TPSA) is 92.7 Å². The van der Waals surface area contributed by atoms with E-state index in [9.17, 15) is 22.0 Å². The number of hydrogen-bond acceptors (Lipinski definition) is 4. The van der Waals surface area contributed by atoms with Gasteiger partial charge in [0.15, 0.2) is 0 Å². The fraction of sp³-hybridized carbons (Fsp3) is 0.417. The normalized spacial score (nSPS) is 11.8. The molecule has 0 unspecified atom stereocenters. The van der Waals surface area contributed by atoms with Gasteiger partial charge in [0.2, 0.25) is 10.0 Å². The lowest BCUT2D eigenvalue weighted by atomic mass is 10.1. The van der Waals surface area contributed by atoms with Crippen molar-refractivity contribution < 1.29 is 31.8 Å². The Morgan fingerprint density at radius 2 is 1.90 bits per heavy atom. The number of aromatic carboxylic acids is 1. The quantitative estimate of drug-likeness (QED) is 0.664. The summed E-state index contributed by atoms with van der Waals surface area (Å²) in [4.78, 5) is 10.7. The molecule has 0 atom stereocenters. The highest BCUT2D eigenvalue weighted by Crippen LogP contribution is 2.07. The van der Waals surface area contributed by atoms with E-state index in [1.165, 1.54) is 24.3 Å². The highest BCUT2D eigenvalue weighted by molar-refractivity contribution is 7.88. The first kappa shape index (κ1) is 17.5. The van der Waals surface area contributed by atoms with Gasteiger partial charge in [0.05, 0.1) is 17.9 Å². The number of carboxylic acid groups (broad SMARTS) is 1. The summed E-state index contributed by atoms with van der Waals surface area (Å²) in [6.07, 6.45) is -2.59. The number of ether oxygens (including phenoxy) is 1. The van der Waals surface area contributed by atoms with Gasteiger partial charge in [0.1, 0.15) is 6.61 Å². The standard InChI is InChI=1S/C12H15F2NO5S/c13-11(14)7-20-6-5-15-21(18,19)8-9-1-3-10(4-2-9)12(16)17/h1-4,11,15H,5-8H2,(H,16,17). The average molecular weight is 323 g/mol. The van der Waals surface area contributed by atoms with E-state index in [0.717, 1.165) is 0 Å². The largest absolute Gasteiger partial charge is 0.478 e. The second kappa shape index (κ2) is 8.01. The molecule has 0 aliphatic carbocycles. The summed E-state index contributed by atoms with van der Waals surface area (Å²) in [5, 5.41) is 8.72. The van der Waals surface area contributed by atoms with Gasteiger partial charge >= 0.3 is 5.97 Å². The van der Waals surface area contributed by atoms with Crippen LogP contribution in [0.25, 0.3) is 0 Å². The zero-order valence-electron chi connectivity index (χ0n) is 11.0. The number of rotatable bonds is 9. The number of carbonyl (C=O) groups is 1. The third-order valence-electron chi connectivity index (χ3n) is 2.37. The van der Waals surface area contributed by atoms with Crippen LogP contribution in [0.4, 0.5) is 8.78 Å². The third-order valence-corrected chi connectivity index (χ3v) is 3.73. The first-order valence-corrected chi connectivity index (χ1v) is 7.61. The Bertz CT molecular complexity index is 560. The van der Waals surface area contributed by atoms with Crippen LogP contribution >= 0.6 is 0 Å². The lowest BCUT2D eigenvalue weighted by Crippen LogP contribution is -2.29. The van der Waals surface area contributed by atoms with Crippen molar-refractivity contribution in [3.05, 3.63) is 35.4 Å². The van der Waals surface area contributed by atoms with Crippen molar-refractivity contribution in [2.24, 2.45) is 0 Å². The molecule has 0 fully saturated rings. The third kappa shape index (κ3) is 7.11. The van der Waals surface area contributed by atoms with Crippen LogP contribution in [0.2, 0.25) is 0 Å². The monoisotopic (exact) mass is 323 g/mol. The lowest BCUT2D eigenvalue weighted by molar-refractivity contribution is 0.0199. The van der Waals surface area contributed by atoms with E-state index >= 15 is 0 Å². The van der Waals surface area contributed by atoms with Crippen LogP contribution in [0.3, 0.4) is 0 Å². The molecule has 0 aromatic heterocycles. The van der Waals surface area contributed by atoms with Crippen molar-refractivity contribution in [1.29, 1.82) is 0 Å². The summed E-state index contributed by atoms with van der Waals surface area (Å²) >= 11 is 0. The molecule has 0 heterocycles. The molecule has 0 amide bonds. The maximum Gasteiger partial charge on any atom is 0.335 e. The fourth-order valence-electron chi connectivity index (χ4n) is 1.46. The highest BCUT2D eigenvalue weighted by atomic mass is 32.2. The summed E-state index contributed by atoms with van der Waals surface area (Å²) in [6, 6.07) is 5.41. The fourth-order valence-corrected chi connectivity index (χ4v) is 2.58. The van der Waals surface area contributed by atoms with Gasteiger partial charge < -0.3 is 9.84 Å². The lowest BCUT2D eigenvalue weighted by Gasteiger charge is -2.07. The molecule has 1 aromatic carbocycles. The number of alkyl halides is 2. The van der Waals surface area contributed by atoms with E-state index in [-0.39, 0.29) is 24.5 Å². The van der Waals surface area contributed by atoms with Gasteiger partial charge in [-0.3, -0.25) is 0 Å². The molecule has 0 aliphatic rings. The Hall–Kier alpha value is -1.58. The number of benzene rings is 1. The maximum absolute atomic E-state index is 11.8. The van der Waals surface area contributed by atoms with E-state index in [4.69, 9.17) is 5.11 Å². The minimum atomic E-state index is -3.63. The van der Waals surface area contributed by atoms with Crippen LogP contribution < -0.4 is 4.72 Å². The molecular formula is C12H15F2NO5S. The van der Waals surface area contributed by atoms with Crippen molar-refractivity contribution in [3.63, 3.8) is 0 Å². The Balaban J connectivity index is 2.43. The zero-order chi connectivity index (χ0) is 15.9. The summed E-state index contributed by atoms with van der Waals surface area (Å²) in [5.74, 6) is -1.43. The van der Waals surface area contributed by atoms with Gasteiger partial charge in [0.25, 0.3) is 6.43 Å². The van der Waals surface area contributed by atoms with E-state index in [1.807, 2.05) is 0 Å². The molecule has 21 heavy (non-hydrogen) atoms. The first-order chi connectivity index (χ1) is 9.80. The van der Waals surface area contributed by atoms with Crippen LogP contribution in [0.5, 0.6) is 0 Å². The highest BCUT2D eigenvalue weighted by Gasteiger charge is 2.12. The molecule has 0 bridgehead atoms. The van der Waals surface area contributed by atoms with E-state index < -0.39 is 29.0 Å². The molecule has 0 saturated carbocycles. The van der Waals surface area contributed by atoms with Crippen molar-refractivity contribution in [2.75, 3.05) is 19.8 Å². The second-order valence-corrected chi connectivity index (χ2v) is 5.93. The van der Waals surface area contributed by atoms with Gasteiger partial charge in [-0.05, 0) is 17.7 Å². The Morgan fingerprint density at radius 1 is 1.29 bits per heavy atom. The van der Waals surface area contributed by atoms with Gasteiger partial charge in [-0.15, -0.1) is 0 Å². The maximum atomic E-state index is 11.8. The Labute approximate surface area is 120 Å². The number of nitrogens with one attached hydrogen (secondary N) is 1. The van der Waals surface area contributed by atoms with Crippen LogP contribution in [-0.2, 0) is 20.5 Å². The van der Waals surface area contributed by atoms with E-state index in [0.29, 0.717) is 5.56 Å². The average Bonchev–Trinajstić information content (AvgIpc) is 2.38. The predicted octanol–water partition coefficient (Wildman–Crippen LogP) is 1.09. The van der Waals surface area contributed by atoms with Gasteiger partial charge in [-0.1, -0.05) is 12.1 Å². The van der Waals surface area contributed by atoms with Crippen LogP contribution in [-0.4, -0.2) is 45.7 Å². The molecule has 0 saturated heterocycles. The number of sulfonamides is 1. The molecule has 0 spiro atoms. The summed E-state index contributed by atoms with van der Waals surface area (Å²) in [6.45, 7) is -0.998. The second-order valence-electron chi connectivity index (χ2n) is 4.12. The number of carboxylic acids is 1. The van der Waals surface area contributed by atoms with Crippen LogP contribution in [0, 0.1) is 0 Å². The van der Waals surface area contributed by atoms with Gasteiger partial charge in [-0.25, -0.2) is 26.7 Å². The van der Waals surface area contributed by atoms with Crippen molar-refractivity contribution >= 4 is 16.0 Å². The molecule has 1 rings (SSSR count). The van der Waals surface area contributed by atoms with Gasteiger partial charge in [0, 0.05) is 6.54 Å². The van der Waals surface area contributed by atoms with E-state index in [2.05, 4.69) is 9.46 Å². The predicted molar refractivity (Wildman–Crippen MR) is 70.9 cm³/mol. The van der Waals surface area contributed by atoms with Gasteiger partial charge in [-0.2, -0.15) is 0 Å². The Morgan fingerprint density at radius 3 is 2.43 bits per heavy atom. The molecule has 118 valence electrons. The van der Waals surface area contributed by atoms with Crippen LogP contribution in [0.15, 0.2) is 24.3 Å². The molecule has 9 heteroatoms. The molecule has 6 nitrogen and oxygen atoms in total. The minimum absolute atomic E-state index is 0.0597. The molecule has 1 aromatic rings. The summed E-state index contributed by atoms with van der Waals surface area (Å²) < 4.78 is 53.6. The summed E-state index contributed by atoms with van der Waals surface area (Å²) in [7, 11) is -3.63. The smallest absolute Gasteiger partial charge is 0.335 e. The zero-order valence-corrected chi connectivity index (χ0v) is 11.8. The summed E-state index contributed by atoms with van der Waals surface area (Å²) in [5.41, 5.74) is 0.477. The molecule has 2 N–H and O–H groups in total. The van der Waals surface area contributed by atoms with Crippen LogP contribution in [0.1, 0.15) is 15.9 Å².